The second kappa shape index (κ2) is 3.79. The van der Waals surface area contributed by atoms with E-state index in [9.17, 15) is 5.11 Å². The predicted octanol–water partition coefficient (Wildman–Crippen LogP) is 2.69. The summed E-state index contributed by atoms with van der Waals surface area (Å²) in [5.41, 5.74) is 7.54. The molecule has 2 aromatic rings. The Morgan fingerprint density at radius 2 is 2.07 bits per heavy atom. The number of hydrogen-bond acceptors (Lipinski definition) is 3. The van der Waals surface area contributed by atoms with Crippen molar-refractivity contribution in [2.75, 3.05) is 5.73 Å². The molecule has 0 bridgehead atoms. The van der Waals surface area contributed by atoms with Gasteiger partial charge in [0.25, 0.3) is 0 Å². The van der Waals surface area contributed by atoms with Gasteiger partial charge >= 0.3 is 0 Å². The molecule has 0 aliphatic heterocycles. The quantitative estimate of drug-likeness (QED) is 0.727. The van der Waals surface area contributed by atoms with Gasteiger partial charge < -0.3 is 10.8 Å². The minimum absolute atomic E-state index is 0.124. The molecule has 0 unspecified atom stereocenters. The van der Waals surface area contributed by atoms with E-state index in [1.54, 1.807) is 30.5 Å². The summed E-state index contributed by atoms with van der Waals surface area (Å²) in [5, 5.41) is 10.2. The molecule has 0 aliphatic carbocycles. The first kappa shape index (κ1) is 9.80. The smallest absolute Gasteiger partial charge is 0.125 e. The summed E-state index contributed by atoms with van der Waals surface area (Å²) < 4.78 is 0. The SMILES string of the molecule is Nc1cccc(O)c1-c1cncc(Cl)c1. The summed E-state index contributed by atoms with van der Waals surface area (Å²) in [7, 11) is 0. The van der Waals surface area contributed by atoms with Gasteiger partial charge in [0.1, 0.15) is 5.75 Å². The first-order valence-electron chi connectivity index (χ1n) is 4.37. The topological polar surface area (TPSA) is 59.1 Å². The van der Waals surface area contributed by atoms with Gasteiger partial charge in [0.2, 0.25) is 0 Å². The van der Waals surface area contributed by atoms with Gasteiger partial charge in [0.15, 0.2) is 0 Å². The molecule has 0 fully saturated rings. The van der Waals surface area contributed by atoms with Crippen LogP contribution in [0.3, 0.4) is 0 Å². The molecule has 2 rings (SSSR count). The van der Waals surface area contributed by atoms with Crippen molar-refractivity contribution in [1.29, 1.82) is 0 Å². The molecule has 1 aromatic heterocycles. The third kappa shape index (κ3) is 1.87. The Morgan fingerprint density at radius 1 is 1.27 bits per heavy atom. The number of phenols is 1. The van der Waals surface area contributed by atoms with Crippen LogP contribution in [0.1, 0.15) is 0 Å². The fourth-order valence-corrected chi connectivity index (χ4v) is 1.59. The Bertz CT molecular complexity index is 479. The molecule has 0 aliphatic rings. The highest BCUT2D eigenvalue weighted by molar-refractivity contribution is 6.30. The lowest BCUT2D eigenvalue weighted by molar-refractivity contribution is 0.477. The molecule has 0 saturated carbocycles. The zero-order chi connectivity index (χ0) is 10.8. The van der Waals surface area contributed by atoms with Crippen LogP contribution in [0.4, 0.5) is 5.69 Å². The number of pyridine rings is 1. The number of nitrogens with two attached hydrogens (primary N) is 1. The zero-order valence-electron chi connectivity index (χ0n) is 7.81. The van der Waals surface area contributed by atoms with E-state index in [0.717, 1.165) is 0 Å². The fraction of sp³-hybridized carbons (Fsp3) is 0. The number of nitrogens with zero attached hydrogens (tertiary/aromatic N) is 1. The van der Waals surface area contributed by atoms with E-state index in [0.29, 0.717) is 21.8 Å². The van der Waals surface area contributed by atoms with Crippen molar-refractivity contribution in [3.63, 3.8) is 0 Å². The van der Waals surface area contributed by atoms with Crippen molar-refractivity contribution in [3.05, 3.63) is 41.7 Å². The molecule has 0 atom stereocenters. The Morgan fingerprint density at radius 3 is 2.73 bits per heavy atom. The third-order valence-corrected chi connectivity index (χ3v) is 2.27. The van der Waals surface area contributed by atoms with Crippen LogP contribution in [-0.2, 0) is 0 Å². The van der Waals surface area contributed by atoms with Crippen LogP contribution in [0.5, 0.6) is 5.75 Å². The van der Waals surface area contributed by atoms with Gasteiger partial charge in [0, 0.05) is 29.2 Å². The largest absolute Gasteiger partial charge is 0.507 e. The molecule has 4 heteroatoms. The van der Waals surface area contributed by atoms with E-state index in [2.05, 4.69) is 4.98 Å². The number of nitrogen functional groups attached to an aromatic ring is 1. The highest BCUT2D eigenvalue weighted by atomic mass is 35.5. The maximum atomic E-state index is 9.68. The molecular formula is C11H9ClN2O. The normalized spacial score (nSPS) is 10.2. The minimum Gasteiger partial charge on any atom is -0.507 e. The molecule has 0 amide bonds. The number of anilines is 1. The number of aromatic hydroxyl groups is 1. The molecule has 1 aromatic carbocycles. The molecule has 3 nitrogen and oxygen atoms in total. The number of aromatic nitrogens is 1. The highest BCUT2D eigenvalue weighted by Crippen LogP contribution is 2.34. The Kier molecular flexibility index (Phi) is 2.47. The molecule has 76 valence electrons. The number of hydrogen-bond donors (Lipinski definition) is 2. The number of halogens is 1. The molecular weight excluding hydrogens is 212 g/mol. The third-order valence-electron chi connectivity index (χ3n) is 2.07. The Balaban J connectivity index is 2.63. The summed E-state index contributed by atoms with van der Waals surface area (Å²) in [4.78, 5) is 3.94. The lowest BCUT2D eigenvalue weighted by Gasteiger charge is -2.07. The summed E-state index contributed by atoms with van der Waals surface area (Å²) in [6.45, 7) is 0. The molecule has 0 saturated heterocycles. The summed E-state index contributed by atoms with van der Waals surface area (Å²) >= 11 is 5.81. The predicted molar refractivity (Wildman–Crippen MR) is 60.8 cm³/mol. The molecule has 0 spiro atoms. The van der Waals surface area contributed by atoms with Crippen LogP contribution < -0.4 is 5.73 Å². The van der Waals surface area contributed by atoms with Crippen LogP contribution in [0.25, 0.3) is 11.1 Å². The van der Waals surface area contributed by atoms with Crippen molar-refractivity contribution >= 4 is 17.3 Å². The first-order chi connectivity index (χ1) is 7.18. The molecule has 0 radical (unpaired) electrons. The van der Waals surface area contributed by atoms with Crippen LogP contribution in [0.2, 0.25) is 5.02 Å². The number of phenolic OH excluding ortho intramolecular Hbond substituents is 1. The van der Waals surface area contributed by atoms with Gasteiger partial charge in [-0.05, 0) is 18.2 Å². The Labute approximate surface area is 92.1 Å². The zero-order valence-corrected chi connectivity index (χ0v) is 8.57. The van der Waals surface area contributed by atoms with E-state index in [4.69, 9.17) is 17.3 Å². The minimum atomic E-state index is 0.124. The standard InChI is InChI=1S/C11H9ClN2O/c12-8-4-7(5-14-6-8)11-9(13)2-1-3-10(11)15/h1-6,15H,13H2. The van der Waals surface area contributed by atoms with Crippen LogP contribution in [0.15, 0.2) is 36.7 Å². The van der Waals surface area contributed by atoms with E-state index in [1.807, 2.05) is 0 Å². The molecule has 15 heavy (non-hydrogen) atoms. The van der Waals surface area contributed by atoms with Crippen molar-refractivity contribution < 1.29 is 5.11 Å². The van der Waals surface area contributed by atoms with Gasteiger partial charge in [-0.2, -0.15) is 0 Å². The van der Waals surface area contributed by atoms with E-state index >= 15 is 0 Å². The fourth-order valence-electron chi connectivity index (χ4n) is 1.42. The second-order valence-electron chi connectivity index (χ2n) is 3.13. The number of rotatable bonds is 1. The van der Waals surface area contributed by atoms with Crippen molar-refractivity contribution in [1.82, 2.24) is 4.98 Å². The Hall–Kier alpha value is -1.74. The van der Waals surface area contributed by atoms with E-state index in [1.165, 1.54) is 6.20 Å². The second-order valence-corrected chi connectivity index (χ2v) is 3.57. The van der Waals surface area contributed by atoms with E-state index in [-0.39, 0.29) is 5.75 Å². The van der Waals surface area contributed by atoms with Gasteiger partial charge in [-0.1, -0.05) is 17.7 Å². The highest BCUT2D eigenvalue weighted by Gasteiger charge is 2.08. The van der Waals surface area contributed by atoms with Gasteiger partial charge in [-0.3, -0.25) is 4.98 Å². The summed E-state index contributed by atoms with van der Waals surface area (Å²) in [6, 6.07) is 6.69. The average molecular weight is 221 g/mol. The van der Waals surface area contributed by atoms with Crippen LogP contribution in [0, 0.1) is 0 Å². The monoisotopic (exact) mass is 220 g/mol. The van der Waals surface area contributed by atoms with Crippen LogP contribution >= 0.6 is 11.6 Å². The van der Waals surface area contributed by atoms with Crippen molar-refractivity contribution in [2.45, 2.75) is 0 Å². The molecule has 1 heterocycles. The van der Waals surface area contributed by atoms with Crippen LogP contribution in [-0.4, -0.2) is 10.1 Å². The summed E-state index contributed by atoms with van der Waals surface area (Å²) in [5.74, 6) is 0.124. The van der Waals surface area contributed by atoms with E-state index < -0.39 is 0 Å². The lowest BCUT2D eigenvalue weighted by Crippen LogP contribution is -1.90. The number of benzene rings is 1. The summed E-state index contributed by atoms with van der Waals surface area (Å²) in [6.07, 6.45) is 3.14. The lowest BCUT2D eigenvalue weighted by atomic mass is 10.0. The average Bonchev–Trinajstić information content (AvgIpc) is 2.17. The maximum Gasteiger partial charge on any atom is 0.125 e. The van der Waals surface area contributed by atoms with Crippen molar-refractivity contribution in [2.24, 2.45) is 0 Å². The van der Waals surface area contributed by atoms with Crippen molar-refractivity contribution in [3.8, 4) is 16.9 Å². The van der Waals surface area contributed by atoms with Gasteiger partial charge in [0.05, 0.1) is 5.02 Å². The maximum absolute atomic E-state index is 9.68. The molecule has 3 N–H and O–H groups in total. The van der Waals surface area contributed by atoms with Gasteiger partial charge in [-0.15, -0.1) is 0 Å². The first-order valence-corrected chi connectivity index (χ1v) is 4.74. The van der Waals surface area contributed by atoms with Gasteiger partial charge in [-0.25, -0.2) is 0 Å².